The molecule has 1 N–H and O–H groups in total. The van der Waals surface area contributed by atoms with Gasteiger partial charge in [0.2, 0.25) is 5.91 Å². The van der Waals surface area contributed by atoms with E-state index in [-0.39, 0.29) is 17.9 Å². The van der Waals surface area contributed by atoms with E-state index >= 15 is 0 Å². The predicted molar refractivity (Wildman–Crippen MR) is 128 cm³/mol. The largest absolute Gasteiger partial charge is 0.341 e. The summed E-state index contributed by atoms with van der Waals surface area (Å²) in [6.45, 7) is 8.40. The van der Waals surface area contributed by atoms with Crippen molar-refractivity contribution in [2.24, 2.45) is 0 Å². The number of hydrogen-bond acceptors (Lipinski definition) is 5. The number of rotatable bonds is 6. The number of benzene rings is 1. The zero-order chi connectivity index (χ0) is 23.0. The molecule has 4 rings (SSSR count). The van der Waals surface area contributed by atoms with E-state index in [1.54, 1.807) is 11.9 Å². The molecule has 0 unspecified atom stereocenters. The first-order valence-electron chi connectivity index (χ1n) is 10.6. The molecule has 0 aliphatic heterocycles. The summed E-state index contributed by atoms with van der Waals surface area (Å²) in [6.07, 6.45) is 0.671. The Hall–Kier alpha value is -3.26. The molecular formula is C24H27N5O2S. The van der Waals surface area contributed by atoms with Gasteiger partial charge < -0.3 is 9.88 Å². The van der Waals surface area contributed by atoms with Gasteiger partial charge in [-0.1, -0.05) is 18.2 Å². The van der Waals surface area contributed by atoms with Crippen LogP contribution in [-0.4, -0.2) is 37.6 Å². The minimum Gasteiger partial charge on any atom is -0.341 e. The fourth-order valence-electron chi connectivity index (χ4n) is 3.88. The van der Waals surface area contributed by atoms with Crippen molar-refractivity contribution in [1.82, 2.24) is 24.6 Å². The van der Waals surface area contributed by atoms with Crippen molar-refractivity contribution in [3.8, 4) is 5.69 Å². The Kier molecular flexibility index (Phi) is 5.97. The van der Waals surface area contributed by atoms with Crippen LogP contribution >= 0.6 is 11.3 Å². The fourth-order valence-corrected chi connectivity index (χ4v) is 4.93. The number of nitrogens with zero attached hydrogens (tertiary/aromatic N) is 4. The molecule has 4 aromatic rings. The van der Waals surface area contributed by atoms with E-state index in [1.165, 1.54) is 11.3 Å². The highest BCUT2D eigenvalue weighted by Gasteiger charge is 2.18. The molecule has 3 heterocycles. The Morgan fingerprint density at radius 1 is 1.16 bits per heavy atom. The normalized spacial score (nSPS) is 11.3. The van der Waals surface area contributed by atoms with Crippen molar-refractivity contribution < 1.29 is 4.79 Å². The zero-order valence-corrected chi connectivity index (χ0v) is 19.8. The summed E-state index contributed by atoms with van der Waals surface area (Å²) in [6, 6.07) is 9.97. The number of H-pyrrole nitrogens is 1. The third-order valence-corrected chi connectivity index (χ3v) is 7.03. The second-order valence-corrected chi connectivity index (χ2v) is 9.33. The number of nitrogens with one attached hydrogen (secondary N) is 1. The predicted octanol–water partition coefficient (Wildman–Crippen LogP) is 4.00. The van der Waals surface area contributed by atoms with Crippen LogP contribution in [0.1, 0.15) is 39.6 Å². The van der Waals surface area contributed by atoms with Gasteiger partial charge in [-0.3, -0.25) is 9.59 Å². The van der Waals surface area contributed by atoms with E-state index in [4.69, 9.17) is 0 Å². The second kappa shape index (κ2) is 8.70. The summed E-state index contributed by atoms with van der Waals surface area (Å²) >= 11 is 1.52. The van der Waals surface area contributed by atoms with Crippen LogP contribution in [-0.2, 0) is 17.8 Å². The molecule has 0 aliphatic carbocycles. The summed E-state index contributed by atoms with van der Waals surface area (Å²) in [5, 5.41) is 5.32. The molecule has 0 atom stereocenters. The van der Waals surface area contributed by atoms with Gasteiger partial charge in [-0.25, -0.2) is 9.67 Å². The van der Waals surface area contributed by atoms with E-state index in [1.807, 2.05) is 62.7 Å². The highest BCUT2D eigenvalue weighted by molar-refractivity contribution is 7.18. The van der Waals surface area contributed by atoms with Crippen LogP contribution in [0, 0.1) is 27.7 Å². The van der Waals surface area contributed by atoms with Crippen LogP contribution in [0.25, 0.3) is 15.9 Å². The number of aromatic nitrogens is 4. The van der Waals surface area contributed by atoms with Crippen LogP contribution in [0.5, 0.6) is 0 Å². The summed E-state index contributed by atoms with van der Waals surface area (Å²) in [5.74, 6) is 0.548. The molecule has 0 spiro atoms. The number of carbonyl (C=O) groups is 1. The third kappa shape index (κ3) is 4.10. The summed E-state index contributed by atoms with van der Waals surface area (Å²) in [4.78, 5) is 36.2. The van der Waals surface area contributed by atoms with E-state index in [2.05, 4.69) is 15.1 Å². The van der Waals surface area contributed by atoms with Gasteiger partial charge in [-0.05, 0) is 45.4 Å². The summed E-state index contributed by atoms with van der Waals surface area (Å²) in [7, 11) is 1.80. The van der Waals surface area contributed by atoms with Gasteiger partial charge in [-0.2, -0.15) is 5.10 Å². The van der Waals surface area contributed by atoms with E-state index < -0.39 is 0 Å². The monoisotopic (exact) mass is 449 g/mol. The van der Waals surface area contributed by atoms with Gasteiger partial charge in [-0.15, -0.1) is 11.3 Å². The summed E-state index contributed by atoms with van der Waals surface area (Å²) < 4.78 is 1.91. The maximum Gasteiger partial charge on any atom is 0.259 e. The highest BCUT2D eigenvalue weighted by atomic mass is 32.1. The molecule has 0 aliphatic rings. The van der Waals surface area contributed by atoms with Gasteiger partial charge in [0.15, 0.2) is 0 Å². The minimum atomic E-state index is -0.132. The third-order valence-electron chi connectivity index (χ3n) is 5.93. The molecule has 0 saturated carbocycles. The lowest BCUT2D eigenvalue weighted by Gasteiger charge is -2.17. The van der Waals surface area contributed by atoms with Gasteiger partial charge in [0.05, 0.1) is 16.8 Å². The van der Waals surface area contributed by atoms with Crippen LogP contribution < -0.4 is 5.56 Å². The number of para-hydroxylation sites is 1. The van der Waals surface area contributed by atoms with Crippen molar-refractivity contribution in [3.63, 3.8) is 0 Å². The fraction of sp³-hybridized carbons (Fsp3) is 0.333. The number of aryl methyl sites for hydroxylation is 4. The quantitative estimate of drug-likeness (QED) is 0.482. The number of aromatic amines is 1. The first kappa shape index (κ1) is 22.0. The van der Waals surface area contributed by atoms with Gasteiger partial charge in [0.25, 0.3) is 5.56 Å². The molecule has 1 aromatic carbocycles. The molecule has 1 amide bonds. The molecule has 0 fully saturated rings. The molecule has 0 saturated heterocycles. The molecule has 0 bridgehead atoms. The first-order chi connectivity index (χ1) is 15.3. The maximum atomic E-state index is 12.8. The molecular weight excluding hydrogens is 422 g/mol. The van der Waals surface area contributed by atoms with Crippen molar-refractivity contribution in [3.05, 3.63) is 73.9 Å². The Balaban J connectivity index is 1.46. The average molecular weight is 450 g/mol. The lowest BCUT2D eigenvalue weighted by molar-refractivity contribution is -0.130. The molecule has 32 heavy (non-hydrogen) atoms. The van der Waals surface area contributed by atoms with Crippen molar-refractivity contribution in [1.29, 1.82) is 0 Å². The molecule has 3 aromatic heterocycles. The SMILES string of the molecule is Cc1nn(-c2ccccc2)c(C)c1CN(C)C(=O)CCc1nc2sc(C)c(C)c2c(=O)[nH]1. The zero-order valence-electron chi connectivity index (χ0n) is 19.0. The maximum absolute atomic E-state index is 12.8. The van der Waals surface area contributed by atoms with Gasteiger partial charge in [0.1, 0.15) is 10.7 Å². The van der Waals surface area contributed by atoms with E-state index in [0.29, 0.717) is 24.2 Å². The Morgan fingerprint density at radius 2 is 1.88 bits per heavy atom. The first-order valence-corrected chi connectivity index (χ1v) is 11.4. The van der Waals surface area contributed by atoms with Crippen LogP contribution in [0.3, 0.4) is 0 Å². The van der Waals surface area contributed by atoms with Crippen molar-refractivity contribution >= 4 is 27.5 Å². The average Bonchev–Trinajstić information content (AvgIpc) is 3.22. The van der Waals surface area contributed by atoms with E-state index in [9.17, 15) is 9.59 Å². The number of amides is 1. The topological polar surface area (TPSA) is 83.9 Å². The Bertz CT molecular complexity index is 1350. The number of thiophene rings is 1. The summed E-state index contributed by atoms with van der Waals surface area (Å²) in [5.41, 5.74) is 4.81. The van der Waals surface area contributed by atoms with Crippen LogP contribution in [0.2, 0.25) is 0 Å². The van der Waals surface area contributed by atoms with Gasteiger partial charge >= 0.3 is 0 Å². The lowest BCUT2D eigenvalue weighted by atomic mass is 10.1. The van der Waals surface area contributed by atoms with Crippen LogP contribution in [0.15, 0.2) is 35.1 Å². The highest BCUT2D eigenvalue weighted by Crippen LogP contribution is 2.26. The van der Waals surface area contributed by atoms with E-state index in [0.717, 1.165) is 37.9 Å². The van der Waals surface area contributed by atoms with Crippen molar-refractivity contribution in [2.45, 2.75) is 47.1 Å². The van der Waals surface area contributed by atoms with Crippen LogP contribution in [0.4, 0.5) is 0 Å². The number of carbonyl (C=O) groups excluding carboxylic acids is 1. The molecule has 8 heteroatoms. The smallest absolute Gasteiger partial charge is 0.259 e. The Labute approximate surface area is 190 Å². The number of fused-ring (bicyclic) bond motifs is 1. The standard InChI is InChI=1S/C24H27N5O2S/c1-14-17(4)32-24-22(14)23(31)25-20(26-24)11-12-21(30)28(5)13-19-15(2)27-29(16(19)3)18-9-7-6-8-10-18/h6-10H,11-13H2,1-5H3,(H,25,26,31). The Morgan fingerprint density at radius 3 is 2.59 bits per heavy atom. The van der Waals surface area contributed by atoms with Gasteiger partial charge in [0, 0.05) is 42.6 Å². The molecule has 0 radical (unpaired) electrons. The lowest BCUT2D eigenvalue weighted by Crippen LogP contribution is -2.27. The number of hydrogen-bond donors (Lipinski definition) is 1. The molecule has 166 valence electrons. The minimum absolute atomic E-state index is 0.00227. The second-order valence-electron chi connectivity index (χ2n) is 8.12. The van der Waals surface area contributed by atoms with Crippen molar-refractivity contribution in [2.75, 3.05) is 7.05 Å². The molecule has 7 nitrogen and oxygen atoms in total.